The van der Waals surface area contributed by atoms with Crippen molar-refractivity contribution in [2.45, 2.75) is 45.1 Å². The van der Waals surface area contributed by atoms with Crippen LogP contribution in [-0.4, -0.2) is 64.0 Å². The molecule has 0 bridgehead atoms. The third-order valence-corrected chi connectivity index (χ3v) is 6.72. The van der Waals surface area contributed by atoms with Crippen molar-refractivity contribution < 1.29 is 38.9 Å². The topological polar surface area (TPSA) is 187 Å². The molecule has 4 amide bonds. The number of benzene rings is 2. The van der Waals surface area contributed by atoms with E-state index < -0.39 is 29.9 Å². The second kappa shape index (κ2) is 15.7. The van der Waals surface area contributed by atoms with Gasteiger partial charge in [-0.05, 0) is 54.3 Å². The van der Waals surface area contributed by atoms with Gasteiger partial charge in [0.1, 0.15) is 11.6 Å². The summed E-state index contributed by atoms with van der Waals surface area (Å²) in [6, 6.07) is 14.1. The lowest BCUT2D eigenvalue weighted by Crippen LogP contribution is -2.32. The fraction of sp³-hybridized carbons (Fsp3) is 0.290. The number of aryl methyl sites for hydroxylation is 1. The summed E-state index contributed by atoms with van der Waals surface area (Å²) in [4.78, 5) is 65.5. The molecule has 13 nitrogen and oxygen atoms in total. The van der Waals surface area contributed by atoms with Gasteiger partial charge in [0.25, 0.3) is 0 Å². The maximum atomic E-state index is 12.7. The fourth-order valence-corrected chi connectivity index (χ4v) is 4.37. The number of anilines is 3. The number of hydrogen-bond donors (Lipinski definition) is 5. The zero-order chi connectivity index (χ0) is 32.2. The van der Waals surface area contributed by atoms with Crippen LogP contribution >= 0.6 is 0 Å². The molecule has 1 aromatic heterocycles. The van der Waals surface area contributed by atoms with E-state index in [1.54, 1.807) is 30.3 Å². The van der Waals surface area contributed by atoms with Crippen LogP contribution in [0, 0.1) is 6.92 Å². The van der Waals surface area contributed by atoms with Crippen LogP contribution in [0.1, 0.15) is 48.4 Å². The molecule has 0 saturated carbocycles. The molecule has 1 unspecified atom stereocenters. The van der Waals surface area contributed by atoms with E-state index in [0.29, 0.717) is 28.3 Å². The minimum Gasteiger partial charge on any atom is -0.495 e. The van der Waals surface area contributed by atoms with Gasteiger partial charge in [0.2, 0.25) is 11.8 Å². The zero-order valence-corrected chi connectivity index (χ0v) is 24.6. The Balaban J connectivity index is 1.61. The molecule has 1 atom stereocenters. The SMILES string of the molecule is COc1cc(CC(=O)Nc2ccc(C(CC(=O)O)N(C)C(=O)CCCC(=O)O)cn2)ccc1NC(=O)Nc1ccccc1C. The van der Waals surface area contributed by atoms with Gasteiger partial charge in [-0.15, -0.1) is 0 Å². The van der Waals surface area contributed by atoms with Crippen molar-refractivity contribution in [1.29, 1.82) is 0 Å². The number of aliphatic carboxylic acids is 2. The second-order valence-electron chi connectivity index (χ2n) is 10.00. The van der Waals surface area contributed by atoms with E-state index in [2.05, 4.69) is 20.9 Å². The summed E-state index contributed by atoms with van der Waals surface area (Å²) >= 11 is 0. The van der Waals surface area contributed by atoms with Gasteiger partial charge in [0, 0.05) is 31.8 Å². The molecule has 0 radical (unpaired) electrons. The minimum absolute atomic E-state index is 0.0231. The van der Waals surface area contributed by atoms with E-state index in [0.717, 1.165) is 5.56 Å². The Bertz CT molecular complexity index is 1510. The number of urea groups is 1. The van der Waals surface area contributed by atoms with Gasteiger partial charge in [-0.1, -0.05) is 30.3 Å². The van der Waals surface area contributed by atoms with Gasteiger partial charge in [0.05, 0.1) is 31.7 Å². The molecule has 3 rings (SSSR count). The van der Waals surface area contributed by atoms with E-state index in [4.69, 9.17) is 9.84 Å². The quantitative estimate of drug-likeness (QED) is 0.177. The van der Waals surface area contributed by atoms with Gasteiger partial charge in [-0.2, -0.15) is 0 Å². The summed E-state index contributed by atoms with van der Waals surface area (Å²) < 4.78 is 5.41. The second-order valence-corrected chi connectivity index (χ2v) is 10.00. The molecular formula is C31H35N5O8. The van der Waals surface area contributed by atoms with Crippen LogP contribution < -0.4 is 20.7 Å². The number of amides is 4. The van der Waals surface area contributed by atoms with E-state index >= 15 is 0 Å². The first-order valence-corrected chi connectivity index (χ1v) is 13.7. The van der Waals surface area contributed by atoms with Crippen LogP contribution in [-0.2, 0) is 25.6 Å². The van der Waals surface area contributed by atoms with E-state index in [1.807, 2.05) is 25.1 Å². The number of nitrogens with zero attached hydrogens (tertiary/aromatic N) is 2. The third-order valence-electron chi connectivity index (χ3n) is 6.72. The number of aromatic nitrogens is 1. The molecule has 3 aromatic rings. The molecule has 2 aromatic carbocycles. The summed E-state index contributed by atoms with van der Waals surface area (Å²) in [5, 5.41) is 26.4. The Morgan fingerprint density at radius 1 is 0.909 bits per heavy atom. The largest absolute Gasteiger partial charge is 0.495 e. The standard InChI is InChI=1S/C31H35N5O8/c1-19-7-4-5-8-22(19)33-31(43)34-23-13-11-20(15-25(23)44-3)16-27(37)35-26-14-12-21(18-32-26)24(17-30(41)42)36(2)28(38)9-6-10-29(39)40/h4-5,7-8,11-15,18,24H,6,9-10,16-17H2,1-3H3,(H,39,40)(H,41,42)(H,32,35,37)(H2,33,34,43). The van der Waals surface area contributed by atoms with E-state index in [1.165, 1.54) is 31.3 Å². The van der Waals surface area contributed by atoms with Crippen molar-refractivity contribution in [3.8, 4) is 5.75 Å². The predicted octanol–water partition coefficient (Wildman–Crippen LogP) is 4.45. The van der Waals surface area contributed by atoms with Crippen molar-refractivity contribution in [3.05, 3.63) is 77.5 Å². The van der Waals surface area contributed by atoms with Crippen LogP contribution in [0.4, 0.5) is 22.0 Å². The Morgan fingerprint density at radius 3 is 2.27 bits per heavy atom. The number of hydrogen-bond acceptors (Lipinski definition) is 7. The number of carbonyl (C=O) groups excluding carboxylic acids is 3. The number of para-hydroxylation sites is 1. The Hall–Kier alpha value is -5.46. The third kappa shape index (κ3) is 9.82. The predicted molar refractivity (Wildman–Crippen MR) is 163 cm³/mol. The van der Waals surface area contributed by atoms with Crippen LogP contribution in [0.25, 0.3) is 0 Å². The van der Waals surface area contributed by atoms with Crippen molar-refractivity contribution in [2.24, 2.45) is 0 Å². The highest BCUT2D eigenvalue weighted by Gasteiger charge is 2.25. The number of carboxylic acids is 2. The van der Waals surface area contributed by atoms with Gasteiger partial charge < -0.3 is 35.8 Å². The summed E-state index contributed by atoms with van der Waals surface area (Å²) in [6.45, 7) is 1.88. The highest BCUT2D eigenvalue weighted by atomic mass is 16.5. The molecule has 0 spiro atoms. The van der Waals surface area contributed by atoms with Crippen molar-refractivity contribution in [3.63, 3.8) is 0 Å². The average molecular weight is 606 g/mol. The number of carboxylic acid groups (broad SMARTS) is 2. The van der Waals surface area contributed by atoms with Crippen LogP contribution in [0.5, 0.6) is 5.75 Å². The number of nitrogens with one attached hydrogen (secondary N) is 3. The Morgan fingerprint density at radius 2 is 1.64 bits per heavy atom. The van der Waals surface area contributed by atoms with Crippen LogP contribution in [0.3, 0.4) is 0 Å². The monoisotopic (exact) mass is 605 g/mol. The molecular weight excluding hydrogens is 570 g/mol. The van der Waals surface area contributed by atoms with E-state index in [-0.39, 0.29) is 43.8 Å². The maximum Gasteiger partial charge on any atom is 0.323 e. The summed E-state index contributed by atoms with van der Waals surface area (Å²) in [7, 11) is 2.91. The number of methoxy groups -OCH3 is 1. The first-order valence-electron chi connectivity index (χ1n) is 13.7. The summed E-state index contributed by atoms with van der Waals surface area (Å²) in [5.41, 5.74) is 3.06. The van der Waals surface area contributed by atoms with Gasteiger partial charge in [0.15, 0.2) is 0 Å². The fourth-order valence-electron chi connectivity index (χ4n) is 4.37. The minimum atomic E-state index is -1.12. The van der Waals surface area contributed by atoms with Gasteiger partial charge in [-0.3, -0.25) is 19.2 Å². The zero-order valence-electron chi connectivity index (χ0n) is 24.6. The Kier molecular flexibility index (Phi) is 11.8. The Labute approximate surface area is 254 Å². The molecule has 0 aliphatic carbocycles. The number of ether oxygens (including phenoxy) is 1. The lowest BCUT2D eigenvalue weighted by atomic mass is 10.0. The van der Waals surface area contributed by atoms with Crippen LogP contribution in [0.2, 0.25) is 0 Å². The smallest absolute Gasteiger partial charge is 0.323 e. The number of carbonyl (C=O) groups is 5. The van der Waals surface area contributed by atoms with Crippen LogP contribution in [0.15, 0.2) is 60.8 Å². The van der Waals surface area contributed by atoms with Gasteiger partial charge >= 0.3 is 18.0 Å². The van der Waals surface area contributed by atoms with Gasteiger partial charge in [-0.25, -0.2) is 9.78 Å². The first kappa shape index (κ1) is 33.0. The molecule has 1 heterocycles. The number of rotatable bonds is 14. The lowest BCUT2D eigenvalue weighted by molar-refractivity contribution is -0.140. The maximum absolute atomic E-state index is 12.7. The lowest BCUT2D eigenvalue weighted by Gasteiger charge is -2.27. The molecule has 0 saturated heterocycles. The first-order chi connectivity index (χ1) is 21.0. The summed E-state index contributed by atoms with van der Waals surface area (Å²) in [5.74, 6) is -2.32. The molecule has 13 heteroatoms. The van der Waals surface area contributed by atoms with Crippen molar-refractivity contribution >= 4 is 47.0 Å². The van der Waals surface area contributed by atoms with Crippen molar-refractivity contribution in [2.75, 3.05) is 30.1 Å². The molecule has 0 aliphatic heterocycles. The normalized spacial score (nSPS) is 11.2. The number of pyridine rings is 1. The molecule has 0 aliphatic rings. The summed E-state index contributed by atoms with van der Waals surface area (Å²) in [6.07, 6.45) is 0.909. The molecule has 44 heavy (non-hydrogen) atoms. The average Bonchev–Trinajstić information content (AvgIpc) is 2.97. The van der Waals surface area contributed by atoms with E-state index in [9.17, 15) is 29.1 Å². The molecule has 5 N–H and O–H groups in total. The van der Waals surface area contributed by atoms with Crippen molar-refractivity contribution in [1.82, 2.24) is 9.88 Å². The molecule has 0 fully saturated rings. The highest BCUT2D eigenvalue weighted by Crippen LogP contribution is 2.27. The molecule has 232 valence electrons. The highest BCUT2D eigenvalue weighted by molar-refractivity contribution is 6.01.